The van der Waals surface area contributed by atoms with Gasteiger partial charge in [0.2, 0.25) is 0 Å². The lowest BCUT2D eigenvalue weighted by Crippen LogP contribution is -2.68. The summed E-state index contributed by atoms with van der Waals surface area (Å²) in [4.78, 5) is 11.6. The van der Waals surface area contributed by atoms with Gasteiger partial charge in [0.25, 0.3) is 0 Å². The largest absolute Gasteiger partial charge is 0.380 e. The van der Waals surface area contributed by atoms with E-state index < -0.39 is 0 Å². The Morgan fingerprint density at radius 2 is 1.92 bits per heavy atom. The van der Waals surface area contributed by atoms with Crippen LogP contribution in [0.15, 0.2) is 24.5 Å². The van der Waals surface area contributed by atoms with Crippen LogP contribution in [0.2, 0.25) is 0 Å². The third-order valence-electron chi connectivity index (χ3n) is 6.24. The number of benzene rings is 1. The molecule has 132 valence electrons. The second-order valence-corrected chi connectivity index (χ2v) is 8.29. The Labute approximate surface area is 148 Å². The van der Waals surface area contributed by atoms with Gasteiger partial charge < -0.3 is 10.1 Å². The van der Waals surface area contributed by atoms with E-state index in [-0.39, 0.29) is 0 Å². The number of anilines is 1. The fourth-order valence-electron chi connectivity index (χ4n) is 4.71. The lowest BCUT2D eigenvalue weighted by atomic mass is 9.75. The maximum atomic E-state index is 5.39. The Hall–Kier alpha value is -1.72. The van der Waals surface area contributed by atoms with Crippen molar-refractivity contribution in [2.45, 2.75) is 44.7 Å². The number of nitrogens with one attached hydrogen (secondary N) is 1. The molecule has 1 aliphatic carbocycles. The summed E-state index contributed by atoms with van der Waals surface area (Å²) >= 11 is 0. The number of ether oxygens (including phenoxy) is 1. The summed E-state index contributed by atoms with van der Waals surface area (Å²) in [7, 11) is 0. The molecule has 1 N–H and O–H groups in total. The second-order valence-electron chi connectivity index (χ2n) is 8.29. The first-order valence-corrected chi connectivity index (χ1v) is 9.51. The molecule has 0 atom stereocenters. The standard InChI is InChI=1S/C20H26N4O/c1-14-2-7-18-17(8-14)19(22-13-21-18)23-15-3-5-16(6-4-15)24-9-20(10-24)11-25-12-20/h2,7-8,13,15-16H,3-6,9-12H2,1H3,(H,21,22,23). The summed E-state index contributed by atoms with van der Waals surface area (Å²) in [6.07, 6.45) is 6.70. The first-order chi connectivity index (χ1) is 12.2. The molecule has 1 aromatic carbocycles. The van der Waals surface area contributed by atoms with Gasteiger partial charge in [-0.3, -0.25) is 4.90 Å². The number of rotatable bonds is 3. The first kappa shape index (κ1) is 15.5. The predicted octanol–water partition coefficient (Wildman–Crippen LogP) is 2.99. The van der Waals surface area contributed by atoms with Crippen molar-refractivity contribution >= 4 is 16.7 Å². The second kappa shape index (κ2) is 5.92. The normalized spacial score (nSPS) is 28.5. The Balaban J connectivity index is 1.21. The van der Waals surface area contributed by atoms with Gasteiger partial charge in [0.05, 0.1) is 18.7 Å². The van der Waals surface area contributed by atoms with E-state index in [1.54, 1.807) is 6.33 Å². The lowest BCUT2D eigenvalue weighted by Gasteiger charge is -2.58. The van der Waals surface area contributed by atoms with E-state index in [0.29, 0.717) is 11.5 Å². The molecule has 2 aromatic rings. The Morgan fingerprint density at radius 3 is 2.64 bits per heavy atom. The van der Waals surface area contributed by atoms with E-state index in [4.69, 9.17) is 4.74 Å². The van der Waals surface area contributed by atoms with Gasteiger partial charge in [0, 0.05) is 36.0 Å². The van der Waals surface area contributed by atoms with Gasteiger partial charge in [-0.25, -0.2) is 9.97 Å². The monoisotopic (exact) mass is 338 g/mol. The Morgan fingerprint density at radius 1 is 1.12 bits per heavy atom. The minimum absolute atomic E-state index is 0.525. The van der Waals surface area contributed by atoms with Crippen LogP contribution in [0.5, 0.6) is 0 Å². The van der Waals surface area contributed by atoms with Crippen molar-refractivity contribution in [3.8, 4) is 0 Å². The zero-order chi connectivity index (χ0) is 16.9. The lowest BCUT2D eigenvalue weighted by molar-refractivity contribution is -0.200. The summed E-state index contributed by atoms with van der Waals surface area (Å²) in [6, 6.07) is 7.67. The van der Waals surface area contributed by atoms with Crippen LogP contribution in [-0.4, -0.2) is 53.3 Å². The highest BCUT2D eigenvalue weighted by Gasteiger charge is 2.50. The molecule has 3 heterocycles. The van der Waals surface area contributed by atoms with Gasteiger partial charge >= 0.3 is 0 Å². The van der Waals surface area contributed by atoms with Crippen LogP contribution >= 0.6 is 0 Å². The zero-order valence-corrected chi connectivity index (χ0v) is 14.9. The maximum Gasteiger partial charge on any atom is 0.137 e. The molecule has 0 amide bonds. The molecule has 0 radical (unpaired) electrons. The Kier molecular flexibility index (Phi) is 3.68. The van der Waals surface area contributed by atoms with E-state index >= 15 is 0 Å². The summed E-state index contributed by atoms with van der Waals surface area (Å²) in [5, 5.41) is 4.83. The summed E-state index contributed by atoms with van der Waals surface area (Å²) in [5.41, 5.74) is 2.80. The fraction of sp³-hybridized carbons (Fsp3) is 0.600. The van der Waals surface area contributed by atoms with Crippen LogP contribution in [0.1, 0.15) is 31.2 Å². The van der Waals surface area contributed by atoms with Crippen molar-refractivity contribution in [3.05, 3.63) is 30.1 Å². The number of aromatic nitrogens is 2. The molecule has 5 heteroatoms. The van der Waals surface area contributed by atoms with Gasteiger partial charge in [0.1, 0.15) is 12.1 Å². The molecule has 3 fully saturated rings. The third kappa shape index (κ3) is 2.79. The molecule has 2 saturated heterocycles. The molecular weight excluding hydrogens is 312 g/mol. The van der Waals surface area contributed by atoms with Gasteiger partial charge in [0.15, 0.2) is 0 Å². The van der Waals surface area contributed by atoms with Gasteiger partial charge in [-0.15, -0.1) is 0 Å². The van der Waals surface area contributed by atoms with E-state index in [1.807, 2.05) is 0 Å². The topological polar surface area (TPSA) is 50.3 Å². The van der Waals surface area contributed by atoms with Crippen molar-refractivity contribution < 1.29 is 4.74 Å². The van der Waals surface area contributed by atoms with E-state index in [2.05, 4.69) is 45.3 Å². The van der Waals surface area contributed by atoms with Crippen LogP contribution in [0.4, 0.5) is 5.82 Å². The van der Waals surface area contributed by atoms with Crippen LogP contribution in [0.25, 0.3) is 10.9 Å². The number of aryl methyl sites for hydroxylation is 1. The molecule has 25 heavy (non-hydrogen) atoms. The van der Waals surface area contributed by atoms with E-state index in [0.717, 1.165) is 36.0 Å². The highest BCUT2D eigenvalue weighted by atomic mass is 16.5. The molecule has 2 aliphatic heterocycles. The molecular formula is C20H26N4O. The number of likely N-dealkylation sites (tertiary alicyclic amines) is 1. The van der Waals surface area contributed by atoms with Crippen LogP contribution < -0.4 is 5.32 Å². The van der Waals surface area contributed by atoms with Crippen LogP contribution in [-0.2, 0) is 4.74 Å². The number of hydrogen-bond acceptors (Lipinski definition) is 5. The van der Waals surface area contributed by atoms with E-state index in [1.165, 1.54) is 44.3 Å². The molecule has 1 spiro atoms. The SMILES string of the molecule is Cc1ccc2ncnc(NC3CCC(N4CC5(COC5)C4)CC3)c2c1. The number of hydrogen-bond donors (Lipinski definition) is 1. The predicted molar refractivity (Wildman–Crippen MR) is 98.8 cm³/mol. The van der Waals surface area contributed by atoms with Crippen molar-refractivity contribution in [1.82, 2.24) is 14.9 Å². The van der Waals surface area contributed by atoms with Crippen molar-refractivity contribution in [3.63, 3.8) is 0 Å². The van der Waals surface area contributed by atoms with E-state index in [9.17, 15) is 0 Å². The summed E-state index contributed by atoms with van der Waals surface area (Å²) in [6.45, 7) is 6.60. The summed E-state index contributed by atoms with van der Waals surface area (Å²) in [5.74, 6) is 0.992. The average Bonchev–Trinajstić information content (AvgIpc) is 2.54. The Bertz CT molecular complexity index is 772. The van der Waals surface area contributed by atoms with Crippen molar-refractivity contribution in [2.24, 2.45) is 5.41 Å². The summed E-state index contributed by atoms with van der Waals surface area (Å²) < 4.78 is 5.39. The van der Waals surface area contributed by atoms with Crippen LogP contribution in [0.3, 0.4) is 0 Å². The average molecular weight is 338 g/mol. The van der Waals surface area contributed by atoms with Gasteiger partial charge in [-0.1, -0.05) is 11.6 Å². The molecule has 0 unspecified atom stereocenters. The highest BCUT2D eigenvalue weighted by Crippen LogP contribution is 2.41. The third-order valence-corrected chi connectivity index (χ3v) is 6.24. The minimum atomic E-state index is 0.525. The number of nitrogens with zero attached hydrogens (tertiary/aromatic N) is 3. The molecule has 0 bridgehead atoms. The molecule has 1 aromatic heterocycles. The molecule has 3 aliphatic rings. The molecule has 5 nitrogen and oxygen atoms in total. The molecule has 1 saturated carbocycles. The van der Waals surface area contributed by atoms with Crippen LogP contribution in [0, 0.1) is 12.3 Å². The smallest absolute Gasteiger partial charge is 0.137 e. The minimum Gasteiger partial charge on any atom is -0.380 e. The number of fused-ring (bicyclic) bond motifs is 1. The van der Waals surface area contributed by atoms with Gasteiger partial charge in [-0.2, -0.15) is 0 Å². The van der Waals surface area contributed by atoms with Crippen molar-refractivity contribution in [1.29, 1.82) is 0 Å². The highest BCUT2D eigenvalue weighted by molar-refractivity contribution is 5.89. The molecule has 5 rings (SSSR count). The maximum absolute atomic E-state index is 5.39. The van der Waals surface area contributed by atoms with Crippen molar-refractivity contribution in [2.75, 3.05) is 31.6 Å². The van der Waals surface area contributed by atoms with Gasteiger partial charge in [-0.05, 0) is 44.7 Å². The first-order valence-electron chi connectivity index (χ1n) is 9.51. The zero-order valence-electron chi connectivity index (χ0n) is 14.9. The quantitative estimate of drug-likeness (QED) is 0.932. The fourth-order valence-corrected chi connectivity index (χ4v) is 4.71.